The monoisotopic (exact) mass is 779 g/mol. The number of carbonyl (C=O) groups is 1. The Morgan fingerprint density at radius 1 is 1.15 bits per heavy atom. The molecule has 8 heterocycles. The van der Waals surface area contributed by atoms with Crippen LogP contribution in [0.15, 0.2) is 12.1 Å². The van der Waals surface area contributed by atoms with Gasteiger partial charge in [0.1, 0.15) is 12.0 Å². The number of amides is 1. The predicted octanol–water partition coefficient (Wildman–Crippen LogP) is 5.07. The average molecular weight is 780 g/mol. The Labute approximate surface area is 314 Å². The van der Waals surface area contributed by atoms with Crippen LogP contribution in [-0.2, 0) is 37.0 Å². The van der Waals surface area contributed by atoms with Gasteiger partial charge in [-0.05, 0) is 63.7 Å². The van der Waals surface area contributed by atoms with Gasteiger partial charge in [-0.25, -0.2) is 8.78 Å². The van der Waals surface area contributed by atoms with Crippen LogP contribution in [0.1, 0.15) is 83.2 Å². The lowest BCUT2D eigenvalue weighted by Gasteiger charge is -2.48. The number of halogens is 6. The van der Waals surface area contributed by atoms with Crippen molar-refractivity contribution in [2.45, 2.75) is 94.7 Å². The number of nitrogens with zero attached hydrogens (tertiary/aromatic N) is 7. The lowest BCUT2D eigenvalue weighted by atomic mass is 9.88. The van der Waals surface area contributed by atoms with Crippen LogP contribution >= 0.6 is 11.6 Å². The Morgan fingerprint density at radius 2 is 1.96 bits per heavy atom. The largest absolute Gasteiger partial charge is 0.467 e. The molecule has 292 valence electrons. The van der Waals surface area contributed by atoms with Crippen molar-refractivity contribution in [2.24, 2.45) is 0 Å². The standard InChI is InChI=1S/C29H31ClF4N8O3.C7H12FN/c1-44-27-37-18-10-20(21-16(29(32,33)34)4-5-17(35)23(21)31)45-12-15(18)25(38-27)40-8-3-9-42-19(11-40)22(30)24(39-42)26(43)41-13-28(14-41)6-2-7-36-28;8-6-4-7-2-1-3-9(7)5-6/h4-5,20,36H,2-3,6-14,35H2,1H3;6-7H,1-5H2. The molecule has 3 N–H and O–H groups in total. The van der Waals surface area contributed by atoms with E-state index in [4.69, 9.17) is 26.8 Å². The summed E-state index contributed by atoms with van der Waals surface area (Å²) in [5.74, 6) is -0.929. The van der Waals surface area contributed by atoms with Crippen molar-refractivity contribution in [2.75, 3.05) is 57.0 Å². The number of ether oxygens (including phenoxy) is 2. The van der Waals surface area contributed by atoms with E-state index in [-0.39, 0.29) is 47.7 Å². The lowest BCUT2D eigenvalue weighted by molar-refractivity contribution is -0.140. The van der Waals surface area contributed by atoms with Gasteiger partial charge < -0.3 is 30.3 Å². The summed E-state index contributed by atoms with van der Waals surface area (Å²) in [4.78, 5) is 28.3. The highest BCUT2D eigenvalue weighted by Crippen LogP contribution is 2.43. The number of fused-ring (bicyclic) bond motifs is 3. The Hall–Kier alpha value is -3.80. The molecule has 0 bridgehead atoms. The molecule has 12 nitrogen and oxygen atoms in total. The second-order valence-corrected chi connectivity index (χ2v) is 15.5. The molecule has 1 spiro atoms. The summed E-state index contributed by atoms with van der Waals surface area (Å²) < 4.78 is 82.2. The number of alkyl halides is 4. The van der Waals surface area contributed by atoms with Crippen molar-refractivity contribution < 1.29 is 36.2 Å². The second-order valence-electron chi connectivity index (χ2n) is 15.1. The zero-order valence-corrected chi connectivity index (χ0v) is 30.7. The van der Waals surface area contributed by atoms with Gasteiger partial charge in [0.25, 0.3) is 5.91 Å². The minimum absolute atomic E-state index is 0.000412. The first-order valence-electron chi connectivity index (χ1n) is 18.5. The third kappa shape index (κ3) is 6.85. The number of likely N-dealkylation sites (tertiary alicyclic amines) is 1. The molecule has 3 atom stereocenters. The van der Waals surface area contributed by atoms with E-state index in [1.165, 1.54) is 20.0 Å². The number of rotatable bonds is 4. The molecule has 3 unspecified atom stereocenters. The summed E-state index contributed by atoms with van der Waals surface area (Å²) >= 11 is 6.81. The molecule has 1 amide bonds. The molecule has 1 aromatic carbocycles. The maximum Gasteiger partial charge on any atom is 0.416 e. The van der Waals surface area contributed by atoms with Gasteiger partial charge in [0.2, 0.25) is 0 Å². The van der Waals surface area contributed by atoms with Crippen LogP contribution in [0.4, 0.5) is 33.5 Å². The van der Waals surface area contributed by atoms with Crippen molar-refractivity contribution >= 4 is 29.0 Å². The molecule has 4 saturated heterocycles. The van der Waals surface area contributed by atoms with E-state index in [2.05, 4.69) is 25.3 Å². The number of nitrogen functional groups attached to an aromatic ring is 1. The normalized spacial score (nSPS) is 24.7. The zero-order valence-electron chi connectivity index (χ0n) is 29.9. The zero-order chi connectivity index (χ0) is 37.9. The Kier molecular flexibility index (Phi) is 9.88. The third-order valence-corrected chi connectivity index (χ3v) is 12.0. The van der Waals surface area contributed by atoms with Gasteiger partial charge in [-0.3, -0.25) is 14.4 Å². The maximum absolute atomic E-state index is 15.1. The van der Waals surface area contributed by atoms with Crippen molar-refractivity contribution in [3.8, 4) is 6.01 Å². The summed E-state index contributed by atoms with van der Waals surface area (Å²) in [6.07, 6.45) is -0.695. The molecule has 0 saturated carbocycles. The van der Waals surface area contributed by atoms with Crippen molar-refractivity contribution in [3.63, 3.8) is 0 Å². The Bertz CT molecular complexity index is 1900. The molecule has 4 fully saturated rings. The first-order chi connectivity index (χ1) is 25.8. The van der Waals surface area contributed by atoms with Crippen LogP contribution in [0.25, 0.3) is 0 Å². The van der Waals surface area contributed by atoms with Gasteiger partial charge in [-0.1, -0.05) is 11.6 Å². The quantitative estimate of drug-likeness (QED) is 0.274. The predicted molar refractivity (Wildman–Crippen MR) is 189 cm³/mol. The molecule has 0 aliphatic carbocycles. The molecule has 54 heavy (non-hydrogen) atoms. The van der Waals surface area contributed by atoms with Crippen LogP contribution in [0.2, 0.25) is 5.02 Å². The number of hydrogen-bond acceptors (Lipinski definition) is 10. The number of nitrogens with two attached hydrogens (primary N) is 1. The van der Waals surface area contributed by atoms with Crippen molar-refractivity contribution in [1.29, 1.82) is 0 Å². The molecule has 9 rings (SSSR count). The Balaban J connectivity index is 0.000000399. The SMILES string of the molecule is COc1nc2c(c(N3CCCn4nc(C(=O)N5CC6(CCCN6)C5)c(Cl)c4C3)n1)COC(c1c(C(F)(F)F)ccc(N)c1F)C2.FC1CC2CCCN2C1. The van der Waals surface area contributed by atoms with E-state index in [1.807, 2.05) is 4.90 Å². The number of aryl methyl sites for hydroxylation is 1. The van der Waals surface area contributed by atoms with Crippen molar-refractivity contribution in [3.05, 3.63) is 56.7 Å². The Morgan fingerprint density at radius 3 is 2.69 bits per heavy atom. The summed E-state index contributed by atoms with van der Waals surface area (Å²) in [5.41, 5.74) is 5.18. The number of hydrogen-bond donors (Lipinski definition) is 2. The molecule has 6 aliphatic rings. The number of aromatic nitrogens is 4. The van der Waals surface area contributed by atoms with Gasteiger partial charge in [0.15, 0.2) is 11.5 Å². The number of nitrogens with one attached hydrogen (secondary N) is 1. The van der Waals surface area contributed by atoms with Crippen LogP contribution in [0, 0.1) is 5.82 Å². The van der Waals surface area contributed by atoms with E-state index >= 15 is 4.39 Å². The van der Waals surface area contributed by atoms with Crippen molar-refractivity contribution in [1.82, 2.24) is 34.9 Å². The van der Waals surface area contributed by atoms with Crippen LogP contribution in [0.3, 0.4) is 0 Å². The lowest BCUT2D eigenvalue weighted by Crippen LogP contribution is -2.68. The maximum atomic E-state index is 15.1. The number of anilines is 2. The second kappa shape index (κ2) is 14.4. The van der Waals surface area contributed by atoms with Gasteiger partial charge in [-0.15, -0.1) is 0 Å². The van der Waals surface area contributed by atoms with E-state index in [0.717, 1.165) is 44.5 Å². The van der Waals surface area contributed by atoms with Gasteiger partial charge >= 0.3 is 12.2 Å². The summed E-state index contributed by atoms with van der Waals surface area (Å²) in [6, 6.07) is 2.26. The molecular weight excluding hydrogens is 737 g/mol. The number of benzene rings is 1. The minimum atomic E-state index is -4.82. The van der Waals surface area contributed by atoms with Crippen LogP contribution in [0.5, 0.6) is 6.01 Å². The summed E-state index contributed by atoms with van der Waals surface area (Å²) in [5, 5.41) is 8.36. The highest BCUT2D eigenvalue weighted by molar-refractivity contribution is 6.34. The fourth-order valence-electron chi connectivity index (χ4n) is 8.88. The third-order valence-electron chi connectivity index (χ3n) is 11.6. The molecule has 6 aliphatic heterocycles. The van der Waals surface area contributed by atoms with Crippen LogP contribution in [-0.4, -0.2) is 99.6 Å². The van der Waals surface area contributed by atoms with Crippen LogP contribution < -0.4 is 20.7 Å². The van der Waals surface area contributed by atoms with Gasteiger partial charge in [-0.2, -0.15) is 28.2 Å². The highest BCUT2D eigenvalue weighted by atomic mass is 35.5. The highest BCUT2D eigenvalue weighted by Gasteiger charge is 2.48. The van der Waals surface area contributed by atoms with E-state index in [9.17, 15) is 22.4 Å². The van der Waals surface area contributed by atoms with Gasteiger partial charge in [0.05, 0.1) is 59.6 Å². The first-order valence-corrected chi connectivity index (χ1v) is 18.8. The molecule has 3 aromatic rings. The molecule has 18 heteroatoms. The number of carbonyl (C=O) groups excluding carboxylic acids is 1. The average Bonchev–Trinajstić information content (AvgIpc) is 3.90. The molecular formula is C36H43ClF5N9O3. The van der Waals surface area contributed by atoms with Gasteiger partial charge in [0, 0.05) is 56.3 Å². The smallest absolute Gasteiger partial charge is 0.416 e. The topological polar surface area (TPSA) is 127 Å². The summed E-state index contributed by atoms with van der Waals surface area (Å²) in [6.45, 7) is 5.17. The first kappa shape index (κ1) is 37.1. The van der Waals surface area contributed by atoms with E-state index in [1.54, 1.807) is 9.58 Å². The fourth-order valence-corrected chi connectivity index (χ4v) is 9.16. The van der Waals surface area contributed by atoms with E-state index < -0.39 is 41.1 Å². The minimum Gasteiger partial charge on any atom is -0.467 e. The number of methoxy groups -OCH3 is 1. The molecule has 0 radical (unpaired) electrons. The fraction of sp³-hybridized carbons (Fsp3) is 0.611. The molecule has 2 aromatic heterocycles. The van der Waals surface area contributed by atoms with E-state index in [0.29, 0.717) is 68.0 Å². The summed E-state index contributed by atoms with van der Waals surface area (Å²) in [7, 11) is 1.38.